The number of carbonyl (C=O) groups is 1. The van der Waals surface area contributed by atoms with Crippen LogP contribution >= 0.6 is 0 Å². The molecule has 43 heavy (non-hydrogen) atoms. The Balaban J connectivity index is 1.45. The first kappa shape index (κ1) is 31.7. The standard InChI is InChI=1S/C34H49N3O6/c1-19-27-14-24(34(27,3)4)15-28(19)35-33(41)31-30(20(2)40)29(18-39)43-37(31)16-22-9-8-10-26(32(22)42-7)23-11-21(17-38)12-25(13-23)36(5)6/h8-13,19-20,24,27-31,38-40H,14-18H2,1-7H3,(H,35,41)/t19-,20-,24+,27-,28-,29-,30-,31-/m0/s1. The zero-order valence-electron chi connectivity index (χ0n) is 26.6. The molecule has 2 bridgehead atoms. The molecule has 1 amide bonds. The number of methoxy groups -OCH3 is 1. The summed E-state index contributed by atoms with van der Waals surface area (Å²) >= 11 is 0. The number of fused-ring (bicyclic) bond motifs is 2. The van der Waals surface area contributed by atoms with Crippen LogP contribution in [0.2, 0.25) is 0 Å². The van der Waals surface area contributed by atoms with E-state index in [1.807, 2.05) is 55.4 Å². The highest BCUT2D eigenvalue weighted by Crippen LogP contribution is 2.61. The summed E-state index contributed by atoms with van der Waals surface area (Å²) in [5.74, 6) is 1.38. The van der Waals surface area contributed by atoms with Crippen molar-refractivity contribution in [3.8, 4) is 16.9 Å². The van der Waals surface area contributed by atoms with Crippen molar-refractivity contribution in [3.05, 3.63) is 47.5 Å². The lowest BCUT2D eigenvalue weighted by molar-refractivity contribution is -0.183. The molecule has 3 aliphatic carbocycles. The first-order valence-corrected chi connectivity index (χ1v) is 15.5. The van der Waals surface area contributed by atoms with Crippen molar-refractivity contribution in [2.45, 2.75) is 78.0 Å². The van der Waals surface area contributed by atoms with E-state index in [1.165, 1.54) is 6.42 Å². The first-order valence-electron chi connectivity index (χ1n) is 15.5. The van der Waals surface area contributed by atoms with Crippen molar-refractivity contribution in [3.63, 3.8) is 0 Å². The quantitative estimate of drug-likeness (QED) is 0.330. The molecular formula is C34H49N3O6. The number of para-hydroxylation sites is 1. The third-order valence-corrected chi connectivity index (χ3v) is 10.7. The van der Waals surface area contributed by atoms with Crippen LogP contribution in [0.5, 0.6) is 5.75 Å². The molecule has 4 N–H and O–H groups in total. The molecule has 0 aromatic heterocycles. The largest absolute Gasteiger partial charge is 0.496 e. The molecule has 9 nitrogen and oxygen atoms in total. The van der Waals surface area contributed by atoms with Gasteiger partial charge in [0.15, 0.2) is 0 Å². The van der Waals surface area contributed by atoms with E-state index in [2.05, 4.69) is 26.1 Å². The average molecular weight is 596 g/mol. The summed E-state index contributed by atoms with van der Waals surface area (Å²) in [7, 11) is 5.53. The van der Waals surface area contributed by atoms with Gasteiger partial charge in [-0.1, -0.05) is 39.0 Å². The van der Waals surface area contributed by atoms with Gasteiger partial charge in [-0.2, -0.15) is 5.06 Å². The minimum absolute atomic E-state index is 0.0662. The Hall–Kier alpha value is -2.69. The van der Waals surface area contributed by atoms with Gasteiger partial charge in [-0.15, -0.1) is 0 Å². The van der Waals surface area contributed by atoms with Gasteiger partial charge in [0, 0.05) is 42.9 Å². The molecule has 0 radical (unpaired) electrons. The number of anilines is 1. The molecule has 0 spiro atoms. The molecule has 6 rings (SSSR count). The van der Waals surface area contributed by atoms with Crippen molar-refractivity contribution < 1.29 is 29.7 Å². The molecule has 2 aromatic rings. The highest BCUT2D eigenvalue weighted by molar-refractivity contribution is 5.83. The monoisotopic (exact) mass is 595 g/mol. The van der Waals surface area contributed by atoms with Crippen LogP contribution in [0.4, 0.5) is 5.69 Å². The minimum atomic E-state index is -0.868. The number of hydroxylamine groups is 2. The van der Waals surface area contributed by atoms with Crippen LogP contribution in [-0.2, 0) is 22.8 Å². The molecule has 3 saturated carbocycles. The third kappa shape index (κ3) is 5.78. The van der Waals surface area contributed by atoms with Gasteiger partial charge < -0.3 is 30.3 Å². The number of aliphatic hydroxyl groups is 3. The van der Waals surface area contributed by atoms with E-state index < -0.39 is 24.2 Å². The average Bonchev–Trinajstić information content (AvgIpc) is 3.36. The topological polar surface area (TPSA) is 115 Å². The summed E-state index contributed by atoms with van der Waals surface area (Å²) in [6, 6.07) is 11.1. The minimum Gasteiger partial charge on any atom is -0.496 e. The van der Waals surface area contributed by atoms with Gasteiger partial charge in [0.25, 0.3) is 0 Å². The fraction of sp³-hybridized carbons (Fsp3) is 0.618. The molecule has 0 unspecified atom stereocenters. The predicted molar refractivity (Wildman–Crippen MR) is 166 cm³/mol. The summed E-state index contributed by atoms with van der Waals surface area (Å²) < 4.78 is 5.95. The van der Waals surface area contributed by atoms with Crippen LogP contribution in [0.1, 0.15) is 51.7 Å². The Labute approximate surface area is 255 Å². The maximum Gasteiger partial charge on any atom is 0.240 e. The smallest absolute Gasteiger partial charge is 0.240 e. The number of hydrogen-bond donors (Lipinski definition) is 4. The van der Waals surface area contributed by atoms with E-state index in [4.69, 9.17) is 9.57 Å². The number of benzene rings is 2. The molecule has 8 atom stereocenters. The van der Waals surface area contributed by atoms with Crippen LogP contribution in [0, 0.1) is 29.1 Å². The second-order valence-corrected chi connectivity index (χ2v) is 13.7. The summed E-state index contributed by atoms with van der Waals surface area (Å²) in [5, 5.41) is 35.9. The lowest BCUT2D eigenvalue weighted by Crippen LogP contribution is -2.62. The van der Waals surface area contributed by atoms with Crippen LogP contribution in [0.15, 0.2) is 36.4 Å². The summed E-state index contributed by atoms with van der Waals surface area (Å²) in [6.07, 6.45) is 0.581. The first-order chi connectivity index (χ1) is 20.4. The van der Waals surface area contributed by atoms with Crippen molar-refractivity contribution in [2.75, 3.05) is 32.7 Å². The zero-order chi connectivity index (χ0) is 31.2. The molecule has 1 aliphatic heterocycles. The van der Waals surface area contributed by atoms with Crippen molar-refractivity contribution >= 4 is 11.6 Å². The zero-order valence-corrected chi connectivity index (χ0v) is 26.6. The number of ether oxygens (including phenoxy) is 1. The highest BCUT2D eigenvalue weighted by atomic mass is 16.7. The number of nitrogens with zero attached hydrogens (tertiary/aromatic N) is 2. The molecule has 236 valence electrons. The SMILES string of the molecule is COc1c(CN2O[C@@H](CO)[C@H]([C@H](C)O)[C@H]2C(=O)N[C@H]2C[C@H]3C[C@@H]([C@@H]2C)C3(C)C)cccc1-c1cc(CO)cc(N(C)C)c1. The highest BCUT2D eigenvalue weighted by Gasteiger charge is 2.57. The van der Waals surface area contributed by atoms with Crippen molar-refractivity contribution in [1.29, 1.82) is 0 Å². The van der Waals surface area contributed by atoms with E-state index >= 15 is 0 Å². The summed E-state index contributed by atoms with van der Waals surface area (Å²) in [5.41, 5.74) is 4.60. The van der Waals surface area contributed by atoms with E-state index in [1.54, 1.807) is 19.1 Å². The van der Waals surface area contributed by atoms with Crippen LogP contribution in [0.3, 0.4) is 0 Å². The molecular weight excluding hydrogens is 546 g/mol. The van der Waals surface area contributed by atoms with Gasteiger partial charge in [0.2, 0.25) is 5.91 Å². The Kier molecular flexibility index (Phi) is 9.12. The lowest BCUT2D eigenvalue weighted by Gasteiger charge is -2.62. The Morgan fingerprint density at radius 3 is 2.53 bits per heavy atom. The molecule has 1 saturated heterocycles. The summed E-state index contributed by atoms with van der Waals surface area (Å²) in [6.45, 7) is 8.38. The van der Waals surface area contributed by atoms with E-state index in [9.17, 15) is 20.1 Å². The number of hydrogen-bond acceptors (Lipinski definition) is 8. The van der Waals surface area contributed by atoms with Crippen LogP contribution < -0.4 is 15.0 Å². The Bertz CT molecular complexity index is 1310. The van der Waals surface area contributed by atoms with Gasteiger partial charge in [-0.05, 0) is 72.3 Å². The predicted octanol–water partition coefficient (Wildman–Crippen LogP) is 3.58. The fourth-order valence-electron chi connectivity index (χ4n) is 8.01. The molecule has 1 heterocycles. The van der Waals surface area contributed by atoms with Crippen molar-refractivity contribution in [2.24, 2.45) is 29.1 Å². The maximum atomic E-state index is 14.0. The maximum absolute atomic E-state index is 14.0. The number of aliphatic hydroxyl groups excluding tert-OH is 3. The van der Waals surface area contributed by atoms with Gasteiger partial charge in [0.1, 0.15) is 17.9 Å². The number of rotatable bonds is 10. The van der Waals surface area contributed by atoms with Crippen LogP contribution in [0.25, 0.3) is 11.1 Å². The summed E-state index contributed by atoms with van der Waals surface area (Å²) in [4.78, 5) is 22.2. The number of carbonyl (C=O) groups excluding carboxylic acids is 1. The Morgan fingerprint density at radius 2 is 1.95 bits per heavy atom. The molecule has 9 heteroatoms. The fourth-order valence-corrected chi connectivity index (χ4v) is 8.01. The van der Waals surface area contributed by atoms with E-state index in [0.717, 1.165) is 34.4 Å². The second-order valence-electron chi connectivity index (χ2n) is 13.7. The number of amides is 1. The number of nitrogens with one attached hydrogen (secondary N) is 1. The van der Waals surface area contributed by atoms with Gasteiger partial charge in [-0.25, -0.2) is 0 Å². The Morgan fingerprint density at radius 1 is 1.21 bits per heavy atom. The van der Waals surface area contributed by atoms with E-state index in [0.29, 0.717) is 28.9 Å². The van der Waals surface area contributed by atoms with Crippen LogP contribution in [-0.4, -0.2) is 78.4 Å². The molecule has 2 aromatic carbocycles. The molecule has 4 fully saturated rings. The normalized spacial score (nSPS) is 30.4. The lowest BCUT2D eigenvalue weighted by atomic mass is 9.45. The van der Waals surface area contributed by atoms with Gasteiger partial charge in [-0.3, -0.25) is 9.63 Å². The van der Waals surface area contributed by atoms with E-state index in [-0.39, 0.29) is 31.7 Å². The van der Waals surface area contributed by atoms with Gasteiger partial charge >= 0.3 is 0 Å². The second kappa shape index (κ2) is 12.4. The third-order valence-electron chi connectivity index (χ3n) is 10.7. The van der Waals surface area contributed by atoms with Gasteiger partial charge in [0.05, 0.1) is 33.0 Å². The molecule has 4 aliphatic rings. The van der Waals surface area contributed by atoms with Crippen molar-refractivity contribution in [1.82, 2.24) is 10.4 Å².